The lowest BCUT2D eigenvalue weighted by atomic mass is 10.2. The van der Waals surface area contributed by atoms with E-state index in [2.05, 4.69) is 15.0 Å². The zero-order chi connectivity index (χ0) is 10.8. The van der Waals surface area contributed by atoms with Gasteiger partial charge in [0, 0.05) is 23.7 Å². The molecule has 0 saturated heterocycles. The summed E-state index contributed by atoms with van der Waals surface area (Å²) in [6.07, 6.45) is 3.55. The van der Waals surface area contributed by atoms with Crippen LogP contribution >= 0.6 is 0 Å². The highest BCUT2D eigenvalue weighted by molar-refractivity contribution is 5.60. The Balaban J connectivity index is 2.45. The number of aromatic amines is 1. The van der Waals surface area contributed by atoms with Crippen molar-refractivity contribution in [3.63, 3.8) is 0 Å². The predicted octanol–water partition coefficient (Wildman–Crippen LogP) is 1.80. The molecule has 0 aliphatic carbocycles. The fourth-order valence-corrected chi connectivity index (χ4v) is 1.48. The lowest BCUT2D eigenvalue weighted by Gasteiger charge is -1.97. The number of H-pyrrole nitrogens is 1. The fourth-order valence-electron chi connectivity index (χ4n) is 1.48. The van der Waals surface area contributed by atoms with Gasteiger partial charge in [0.05, 0.1) is 11.7 Å². The number of rotatable bonds is 2. The third kappa shape index (κ3) is 1.89. The molecule has 2 aromatic heterocycles. The van der Waals surface area contributed by atoms with Gasteiger partial charge in [-0.15, -0.1) is 0 Å². The Bertz CT molecular complexity index is 445. The van der Waals surface area contributed by atoms with Gasteiger partial charge < -0.3 is 10.7 Å². The second kappa shape index (κ2) is 3.82. The van der Waals surface area contributed by atoms with Crippen molar-refractivity contribution in [2.75, 3.05) is 0 Å². The fraction of sp³-hybridized carbons (Fsp3) is 0.273. The van der Waals surface area contributed by atoms with Crippen LogP contribution in [0.1, 0.15) is 24.5 Å². The van der Waals surface area contributed by atoms with Crippen LogP contribution in [0.5, 0.6) is 0 Å². The lowest BCUT2D eigenvalue weighted by Crippen LogP contribution is -2.06. The smallest absolute Gasteiger partial charge is 0.123 e. The monoisotopic (exact) mass is 202 g/mol. The largest absolute Gasteiger partial charge is 0.344 e. The highest BCUT2D eigenvalue weighted by Gasteiger charge is 2.10. The van der Waals surface area contributed by atoms with Crippen molar-refractivity contribution in [3.8, 4) is 11.3 Å². The molecule has 0 aromatic carbocycles. The van der Waals surface area contributed by atoms with Crippen molar-refractivity contribution in [2.45, 2.75) is 19.9 Å². The zero-order valence-corrected chi connectivity index (χ0v) is 8.86. The minimum atomic E-state index is -0.0749. The molecule has 0 saturated carbocycles. The predicted molar refractivity (Wildman–Crippen MR) is 59.2 cm³/mol. The van der Waals surface area contributed by atoms with Crippen LogP contribution in [0.25, 0.3) is 11.3 Å². The van der Waals surface area contributed by atoms with Crippen LogP contribution in [0, 0.1) is 6.92 Å². The molecule has 4 heteroatoms. The van der Waals surface area contributed by atoms with Crippen molar-refractivity contribution in [1.29, 1.82) is 0 Å². The maximum absolute atomic E-state index is 5.76. The van der Waals surface area contributed by atoms with Crippen molar-refractivity contribution < 1.29 is 0 Å². The first-order chi connectivity index (χ1) is 7.18. The molecule has 0 aliphatic rings. The van der Waals surface area contributed by atoms with E-state index in [4.69, 9.17) is 5.73 Å². The van der Waals surface area contributed by atoms with E-state index in [0.29, 0.717) is 0 Å². The van der Waals surface area contributed by atoms with Crippen molar-refractivity contribution in [3.05, 3.63) is 36.0 Å². The molecule has 1 atom stereocenters. The molecule has 0 bridgehead atoms. The van der Waals surface area contributed by atoms with E-state index in [9.17, 15) is 0 Å². The third-order valence-electron chi connectivity index (χ3n) is 2.27. The molecule has 78 valence electrons. The zero-order valence-electron chi connectivity index (χ0n) is 8.86. The number of nitrogens with zero attached hydrogens (tertiary/aromatic N) is 2. The summed E-state index contributed by atoms with van der Waals surface area (Å²) in [4.78, 5) is 11.7. The van der Waals surface area contributed by atoms with Gasteiger partial charge in [0.15, 0.2) is 0 Å². The topological polar surface area (TPSA) is 67.6 Å². The summed E-state index contributed by atoms with van der Waals surface area (Å²) in [5, 5.41) is 0. The molecule has 0 amide bonds. The summed E-state index contributed by atoms with van der Waals surface area (Å²) in [5.41, 5.74) is 8.73. The molecule has 1 unspecified atom stereocenters. The summed E-state index contributed by atoms with van der Waals surface area (Å²) in [5.74, 6) is 0.811. The van der Waals surface area contributed by atoms with Crippen LogP contribution in [0.3, 0.4) is 0 Å². The first-order valence-electron chi connectivity index (χ1n) is 4.91. The van der Waals surface area contributed by atoms with Gasteiger partial charge in [-0.2, -0.15) is 0 Å². The van der Waals surface area contributed by atoms with Crippen LogP contribution in [0.2, 0.25) is 0 Å². The Morgan fingerprint density at radius 3 is 2.80 bits per heavy atom. The number of hydrogen-bond donors (Lipinski definition) is 2. The second-order valence-electron chi connectivity index (χ2n) is 3.63. The number of aryl methyl sites for hydroxylation is 1. The SMILES string of the molecule is Cc1[nH]c(C(C)N)nc1-c1cccnc1. The third-order valence-corrected chi connectivity index (χ3v) is 2.27. The van der Waals surface area contributed by atoms with Crippen LogP contribution in [0.4, 0.5) is 0 Å². The molecule has 0 fully saturated rings. The van der Waals surface area contributed by atoms with Gasteiger partial charge >= 0.3 is 0 Å². The van der Waals surface area contributed by atoms with Crippen LogP contribution in [-0.2, 0) is 0 Å². The number of nitrogens with one attached hydrogen (secondary N) is 1. The molecule has 15 heavy (non-hydrogen) atoms. The summed E-state index contributed by atoms with van der Waals surface area (Å²) in [6, 6.07) is 3.81. The molecule has 0 aliphatic heterocycles. The van der Waals surface area contributed by atoms with Gasteiger partial charge in [0.25, 0.3) is 0 Å². The number of hydrogen-bond acceptors (Lipinski definition) is 3. The first-order valence-corrected chi connectivity index (χ1v) is 4.91. The minimum Gasteiger partial charge on any atom is -0.344 e. The Morgan fingerprint density at radius 1 is 1.47 bits per heavy atom. The van der Waals surface area contributed by atoms with Gasteiger partial charge in [-0.25, -0.2) is 4.98 Å². The molecule has 0 radical (unpaired) electrons. The van der Waals surface area contributed by atoms with Crippen molar-refractivity contribution in [1.82, 2.24) is 15.0 Å². The van der Waals surface area contributed by atoms with Crippen LogP contribution in [0.15, 0.2) is 24.5 Å². The maximum Gasteiger partial charge on any atom is 0.123 e. The number of nitrogens with two attached hydrogens (primary N) is 1. The molecule has 2 heterocycles. The molecular weight excluding hydrogens is 188 g/mol. The standard InChI is InChI=1S/C11H14N4/c1-7(12)11-14-8(2)10(15-11)9-4-3-5-13-6-9/h3-7H,12H2,1-2H3,(H,14,15). The number of imidazole rings is 1. The van der Waals surface area contributed by atoms with E-state index in [0.717, 1.165) is 22.8 Å². The number of aromatic nitrogens is 3. The van der Waals surface area contributed by atoms with E-state index in [1.807, 2.05) is 26.0 Å². The lowest BCUT2D eigenvalue weighted by molar-refractivity contribution is 0.754. The van der Waals surface area contributed by atoms with E-state index in [1.165, 1.54) is 0 Å². The van der Waals surface area contributed by atoms with Gasteiger partial charge in [-0.3, -0.25) is 4.98 Å². The van der Waals surface area contributed by atoms with Gasteiger partial charge in [0.2, 0.25) is 0 Å². The molecule has 3 N–H and O–H groups in total. The number of pyridine rings is 1. The minimum absolute atomic E-state index is 0.0749. The van der Waals surface area contributed by atoms with E-state index < -0.39 is 0 Å². The summed E-state index contributed by atoms with van der Waals surface area (Å²) in [7, 11) is 0. The molecule has 2 aromatic rings. The Kier molecular flexibility index (Phi) is 2.51. The average Bonchev–Trinajstić information content (AvgIpc) is 2.62. The Hall–Kier alpha value is -1.68. The summed E-state index contributed by atoms with van der Waals surface area (Å²) >= 11 is 0. The summed E-state index contributed by atoms with van der Waals surface area (Å²) < 4.78 is 0. The summed E-state index contributed by atoms with van der Waals surface area (Å²) in [6.45, 7) is 3.90. The van der Waals surface area contributed by atoms with E-state index in [-0.39, 0.29) is 6.04 Å². The van der Waals surface area contributed by atoms with Crippen LogP contribution < -0.4 is 5.73 Å². The van der Waals surface area contributed by atoms with E-state index >= 15 is 0 Å². The molecule has 2 rings (SSSR count). The highest BCUT2D eigenvalue weighted by atomic mass is 15.0. The normalized spacial score (nSPS) is 12.7. The quantitative estimate of drug-likeness (QED) is 0.780. The molecule has 0 spiro atoms. The van der Waals surface area contributed by atoms with Crippen molar-refractivity contribution >= 4 is 0 Å². The van der Waals surface area contributed by atoms with Gasteiger partial charge in [-0.05, 0) is 26.0 Å². The van der Waals surface area contributed by atoms with Crippen molar-refractivity contribution in [2.24, 2.45) is 5.73 Å². The highest BCUT2D eigenvalue weighted by Crippen LogP contribution is 2.21. The van der Waals surface area contributed by atoms with Crippen LogP contribution in [-0.4, -0.2) is 15.0 Å². The molecular formula is C11H14N4. The maximum atomic E-state index is 5.76. The van der Waals surface area contributed by atoms with Gasteiger partial charge in [-0.1, -0.05) is 0 Å². The molecule has 4 nitrogen and oxygen atoms in total. The average molecular weight is 202 g/mol. The van der Waals surface area contributed by atoms with E-state index in [1.54, 1.807) is 12.4 Å². The first kappa shape index (κ1) is 9.86. The van der Waals surface area contributed by atoms with Gasteiger partial charge in [0.1, 0.15) is 5.82 Å². The Labute approximate surface area is 88.6 Å². The second-order valence-corrected chi connectivity index (χ2v) is 3.63. The Morgan fingerprint density at radius 2 is 2.27 bits per heavy atom.